The van der Waals surface area contributed by atoms with Crippen molar-refractivity contribution >= 4 is 0 Å². The minimum atomic E-state index is 0.953. The lowest BCUT2D eigenvalue weighted by Gasteiger charge is -2.31. The second-order valence-electron chi connectivity index (χ2n) is 6.10. The zero-order chi connectivity index (χ0) is 11.0. The number of quaternary nitrogens is 2. The van der Waals surface area contributed by atoms with Gasteiger partial charge in [0.25, 0.3) is 0 Å². The van der Waals surface area contributed by atoms with Crippen LogP contribution in [0.25, 0.3) is 0 Å². The normalized spacial score (nSPS) is 46.4. The average molecular weight is 222 g/mol. The van der Waals surface area contributed by atoms with E-state index in [1.807, 2.05) is 9.80 Å². The van der Waals surface area contributed by atoms with Crippen molar-refractivity contribution in [1.82, 2.24) is 0 Å². The maximum absolute atomic E-state index is 2.51. The lowest BCUT2D eigenvalue weighted by Crippen LogP contribution is -3.28. The highest BCUT2D eigenvalue weighted by Gasteiger charge is 2.38. The molecule has 90 valence electrons. The Labute approximate surface area is 99.3 Å². The highest BCUT2D eigenvalue weighted by molar-refractivity contribution is 5.09. The summed E-state index contributed by atoms with van der Waals surface area (Å²) >= 11 is 0. The molecule has 1 heterocycles. The van der Waals surface area contributed by atoms with Gasteiger partial charge in [0.15, 0.2) is 0 Å². The molecule has 16 heavy (non-hydrogen) atoms. The second-order valence-corrected chi connectivity index (χ2v) is 6.10. The fraction of sp³-hybridized carbons (Fsp3) is 0.857. The Kier molecular flexibility index (Phi) is 3.03. The van der Waals surface area contributed by atoms with Crippen molar-refractivity contribution in [3.8, 4) is 0 Å². The molecule has 0 aromatic heterocycles. The molecular weight excluding hydrogens is 196 g/mol. The number of hydrogen-bond donors (Lipinski definition) is 2. The largest absolute Gasteiger partial charge is 0.326 e. The van der Waals surface area contributed by atoms with E-state index in [2.05, 4.69) is 19.1 Å². The maximum Gasteiger partial charge on any atom is 0.127 e. The topological polar surface area (TPSA) is 8.88 Å². The van der Waals surface area contributed by atoms with Crippen LogP contribution in [-0.2, 0) is 0 Å². The Hall–Kier alpha value is -0.340. The van der Waals surface area contributed by atoms with Gasteiger partial charge in [-0.25, -0.2) is 0 Å². The molecule has 1 saturated carbocycles. The molecule has 2 fully saturated rings. The summed E-state index contributed by atoms with van der Waals surface area (Å²) in [5.41, 5.74) is 0. The smallest absolute Gasteiger partial charge is 0.127 e. The van der Waals surface area contributed by atoms with Gasteiger partial charge in [-0.05, 0) is 31.6 Å². The Morgan fingerprint density at radius 3 is 2.31 bits per heavy atom. The van der Waals surface area contributed by atoms with Crippen molar-refractivity contribution in [3.63, 3.8) is 0 Å². The summed E-state index contributed by atoms with van der Waals surface area (Å²) in [6, 6.07) is 0. The molecule has 2 bridgehead atoms. The standard InChI is InChI=1S/C14H24N2/c1-2-15-5-7-16(8-6-15)11-14-10-12-3-4-13(14)9-12/h3-4,12-14H,2,5-11H2,1H3/p+2/t12-,13+,14-/m1/s1. The molecule has 0 aromatic carbocycles. The van der Waals surface area contributed by atoms with E-state index >= 15 is 0 Å². The molecule has 2 N–H and O–H groups in total. The molecule has 1 saturated heterocycles. The van der Waals surface area contributed by atoms with E-state index < -0.39 is 0 Å². The van der Waals surface area contributed by atoms with Crippen molar-refractivity contribution in [2.24, 2.45) is 17.8 Å². The van der Waals surface area contributed by atoms with Gasteiger partial charge in [0.1, 0.15) is 26.2 Å². The van der Waals surface area contributed by atoms with Gasteiger partial charge in [0.2, 0.25) is 0 Å². The third-order valence-corrected chi connectivity index (χ3v) is 5.13. The summed E-state index contributed by atoms with van der Waals surface area (Å²) < 4.78 is 0. The van der Waals surface area contributed by atoms with Crippen LogP contribution in [0.5, 0.6) is 0 Å². The van der Waals surface area contributed by atoms with Gasteiger partial charge in [-0.2, -0.15) is 0 Å². The van der Waals surface area contributed by atoms with Crippen LogP contribution in [0.4, 0.5) is 0 Å². The van der Waals surface area contributed by atoms with Gasteiger partial charge in [0.05, 0.1) is 13.1 Å². The van der Waals surface area contributed by atoms with E-state index in [0.29, 0.717) is 0 Å². The average Bonchev–Trinajstić information content (AvgIpc) is 2.92. The number of fused-ring (bicyclic) bond motifs is 2. The van der Waals surface area contributed by atoms with Crippen molar-refractivity contribution in [3.05, 3.63) is 12.2 Å². The lowest BCUT2D eigenvalue weighted by molar-refractivity contribution is -1.01. The molecule has 0 radical (unpaired) electrons. The van der Waals surface area contributed by atoms with Gasteiger partial charge < -0.3 is 9.80 Å². The number of rotatable bonds is 3. The van der Waals surface area contributed by atoms with Crippen molar-refractivity contribution in [2.45, 2.75) is 19.8 Å². The zero-order valence-corrected chi connectivity index (χ0v) is 10.5. The summed E-state index contributed by atoms with van der Waals surface area (Å²) in [4.78, 5) is 3.71. The summed E-state index contributed by atoms with van der Waals surface area (Å²) in [6.45, 7) is 10.8. The van der Waals surface area contributed by atoms with Crippen molar-refractivity contribution in [1.29, 1.82) is 0 Å². The monoisotopic (exact) mass is 222 g/mol. The highest BCUT2D eigenvalue weighted by atomic mass is 15.3. The number of likely N-dealkylation sites (N-methyl/N-ethyl adjacent to an activating group) is 1. The molecule has 2 nitrogen and oxygen atoms in total. The van der Waals surface area contributed by atoms with E-state index in [0.717, 1.165) is 17.8 Å². The lowest BCUT2D eigenvalue weighted by atomic mass is 9.93. The molecule has 2 heteroatoms. The zero-order valence-electron chi connectivity index (χ0n) is 10.5. The third kappa shape index (κ3) is 2.05. The van der Waals surface area contributed by atoms with E-state index in [1.165, 1.54) is 52.1 Å². The molecule has 0 spiro atoms. The fourth-order valence-corrected chi connectivity index (χ4v) is 4.01. The molecule has 1 aliphatic heterocycles. The first-order chi connectivity index (χ1) is 7.85. The van der Waals surface area contributed by atoms with Crippen LogP contribution in [0, 0.1) is 17.8 Å². The number of allylic oxidation sites excluding steroid dienone is 2. The van der Waals surface area contributed by atoms with Crippen LogP contribution >= 0.6 is 0 Å². The van der Waals surface area contributed by atoms with Gasteiger partial charge >= 0.3 is 0 Å². The molecule has 3 atom stereocenters. The van der Waals surface area contributed by atoms with Crippen LogP contribution in [0.15, 0.2) is 12.2 Å². The summed E-state index contributed by atoms with van der Waals surface area (Å²) in [6.07, 6.45) is 7.95. The molecule has 2 aliphatic carbocycles. The predicted octanol–water partition coefficient (Wildman–Crippen LogP) is -0.998. The van der Waals surface area contributed by atoms with E-state index in [-0.39, 0.29) is 0 Å². The highest BCUT2D eigenvalue weighted by Crippen LogP contribution is 2.42. The van der Waals surface area contributed by atoms with Crippen LogP contribution in [0.2, 0.25) is 0 Å². The Morgan fingerprint density at radius 2 is 1.75 bits per heavy atom. The molecule has 0 aromatic rings. The van der Waals surface area contributed by atoms with E-state index in [4.69, 9.17) is 0 Å². The number of piperazine rings is 1. The first-order valence-corrected chi connectivity index (χ1v) is 7.20. The van der Waals surface area contributed by atoms with Crippen molar-refractivity contribution in [2.75, 3.05) is 39.3 Å². The summed E-state index contributed by atoms with van der Waals surface area (Å²) in [5.74, 6) is 2.93. The molecule has 3 aliphatic rings. The van der Waals surface area contributed by atoms with Gasteiger partial charge in [-0.1, -0.05) is 12.2 Å². The third-order valence-electron chi connectivity index (χ3n) is 5.13. The molecular formula is C14H26N2+2. The quantitative estimate of drug-likeness (QED) is 0.567. The minimum absolute atomic E-state index is 0.953. The van der Waals surface area contributed by atoms with Crippen LogP contribution in [-0.4, -0.2) is 39.3 Å². The fourth-order valence-electron chi connectivity index (χ4n) is 4.01. The Morgan fingerprint density at radius 1 is 1.00 bits per heavy atom. The predicted molar refractivity (Wildman–Crippen MR) is 65.6 cm³/mol. The van der Waals surface area contributed by atoms with E-state index in [9.17, 15) is 0 Å². The maximum atomic E-state index is 2.51. The van der Waals surface area contributed by atoms with E-state index in [1.54, 1.807) is 0 Å². The Bertz CT molecular complexity index is 266. The van der Waals surface area contributed by atoms with Gasteiger partial charge in [0, 0.05) is 5.92 Å². The molecule has 3 rings (SSSR count). The first kappa shape index (κ1) is 10.8. The number of nitrogens with one attached hydrogen (secondary N) is 2. The molecule has 0 amide bonds. The summed E-state index contributed by atoms with van der Waals surface area (Å²) in [7, 11) is 0. The van der Waals surface area contributed by atoms with Crippen LogP contribution in [0.1, 0.15) is 19.8 Å². The summed E-state index contributed by atoms with van der Waals surface area (Å²) in [5, 5.41) is 0. The SMILES string of the molecule is CC[NH+]1CC[NH+](C[C@H]2C[C@@H]3C=C[C@H]2C3)CC1. The van der Waals surface area contributed by atoms with Crippen molar-refractivity contribution < 1.29 is 9.80 Å². The number of hydrogen-bond acceptors (Lipinski definition) is 0. The Balaban J connectivity index is 1.48. The van der Waals surface area contributed by atoms with Gasteiger partial charge in [-0.3, -0.25) is 0 Å². The van der Waals surface area contributed by atoms with Gasteiger partial charge in [-0.15, -0.1) is 0 Å². The second kappa shape index (κ2) is 4.50. The first-order valence-electron chi connectivity index (χ1n) is 7.20. The van der Waals surface area contributed by atoms with Crippen LogP contribution < -0.4 is 9.80 Å². The minimum Gasteiger partial charge on any atom is -0.326 e. The molecule has 0 unspecified atom stereocenters. The van der Waals surface area contributed by atoms with Crippen LogP contribution in [0.3, 0.4) is 0 Å².